The predicted molar refractivity (Wildman–Crippen MR) is 88.9 cm³/mol. The van der Waals surface area contributed by atoms with Crippen molar-refractivity contribution in [3.63, 3.8) is 0 Å². The molecule has 0 bridgehead atoms. The van der Waals surface area contributed by atoms with Gasteiger partial charge in [0.05, 0.1) is 22.1 Å². The lowest BCUT2D eigenvalue weighted by Crippen LogP contribution is -2.19. The van der Waals surface area contributed by atoms with Gasteiger partial charge in [-0.15, -0.1) is 0 Å². The molecule has 0 unspecified atom stereocenters. The van der Waals surface area contributed by atoms with Crippen molar-refractivity contribution in [3.05, 3.63) is 40.1 Å². The Labute approximate surface area is 133 Å². The van der Waals surface area contributed by atoms with Crippen LogP contribution in [0.1, 0.15) is 12.6 Å². The molecule has 1 heterocycles. The van der Waals surface area contributed by atoms with Gasteiger partial charge in [0.1, 0.15) is 0 Å². The molecule has 0 amide bonds. The third-order valence-corrected chi connectivity index (χ3v) is 3.45. The number of hydrogen-bond acceptors (Lipinski definition) is 2. The topological polar surface area (TPSA) is 41.9 Å². The first kappa shape index (κ1) is 15.1. The molecule has 0 aliphatic rings. The van der Waals surface area contributed by atoms with Crippen molar-refractivity contribution < 1.29 is 0 Å². The van der Waals surface area contributed by atoms with Crippen LogP contribution in [0.4, 0.5) is 11.4 Å². The lowest BCUT2D eigenvalue weighted by molar-refractivity contribution is 0.653. The zero-order chi connectivity index (χ0) is 14.7. The summed E-state index contributed by atoms with van der Waals surface area (Å²) < 4.78 is 1.84. The maximum atomic E-state index is 6.08. The van der Waals surface area contributed by atoms with E-state index in [1.165, 1.54) is 0 Å². The lowest BCUT2D eigenvalue weighted by atomic mass is 10.3. The average molecular weight is 329 g/mol. The van der Waals surface area contributed by atoms with Crippen LogP contribution in [0.3, 0.4) is 0 Å². The largest absolute Gasteiger partial charge is 0.331 e. The molecule has 1 aromatic carbocycles. The highest BCUT2D eigenvalue weighted by Crippen LogP contribution is 2.25. The number of hydrogen-bond donors (Lipinski definition) is 2. The first-order valence-corrected chi connectivity index (χ1v) is 7.23. The molecule has 0 spiro atoms. The van der Waals surface area contributed by atoms with Crippen LogP contribution in [-0.2, 0) is 6.54 Å². The van der Waals surface area contributed by atoms with Gasteiger partial charge in [0.2, 0.25) is 0 Å². The molecular weight excluding hydrogens is 315 g/mol. The summed E-state index contributed by atoms with van der Waals surface area (Å²) in [5.41, 5.74) is 2.46. The van der Waals surface area contributed by atoms with E-state index in [0.717, 1.165) is 17.9 Å². The maximum Gasteiger partial charge on any atom is 0.175 e. The van der Waals surface area contributed by atoms with Crippen LogP contribution in [0.5, 0.6) is 0 Å². The van der Waals surface area contributed by atoms with Gasteiger partial charge >= 0.3 is 0 Å². The summed E-state index contributed by atoms with van der Waals surface area (Å²) in [7, 11) is 0. The molecule has 20 heavy (non-hydrogen) atoms. The number of thiocarbonyl (C=S) groups is 1. The Balaban J connectivity index is 2.06. The van der Waals surface area contributed by atoms with Crippen LogP contribution < -0.4 is 10.6 Å². The summed E-state index contributed by atoms with van der Waals surface area (Å²) in [4.78, 5) is 0. The fourth-order valence-electron chi connectivity index (χ4n) is 1.67. The SMILES string of the molecule is CCn1cc(NC(=S)Nc2ccc(Cl)cc2Cl)c(C)n1. The molecule has 0 saturated heterocycles. The molecule has 0 atom stereocenters. The number of nitrogens with zero attached hydrogens (tertiary/aromatic N) is 2. The van der Waals surface area contributed by atoms with Gasteiger partial charge in [-0.1, -0.05) is 23.2 Å². The average Bonchev–Trinajstić information content (AvgIpc) is 2.74. The summed E-state index contributed by atoms with van der Waals surface area (Å²) in [5, 5.41) is 12.0. The highest BCUT2D eigenvalue weighted by molar-refractivity contribution is 7.80. The summed E-state index contributed by atoms with van der Waals surface area (Å²) in [6.07, 6.45) is 1.91. The summed E-state index contributed by atoms with van der Waals surface area (Å²) in [6.45, 7) is 4.76. The normalized spacial score (nSPS) is 10.4. The van der Waals surface area contributed by atoms with Gasteiger partial charge in [-0.25, -0.2) is 0 Å². The van der Waals surface area contributed by atoms with E-state index < -0.39 is 0 Å². The van der Waals surface area contributed by atoms with E-state index in [2.05, 4.69) is 15.7 Å². The standard InChI is InChI=1S/C13H14Cl2N4S/c1-3-19-7-12(8(2)18-19)17-13(20)16-11-5-4-9(14)6-10(11)15/h4-7H,3H2,1-2H3,(H2,16,17,20). The van der Waals surface area contributed by atoms with Gasteiger partial charge in [0.25, 0.3) is 0 Å². The fourth-order valence-corrected chi connectivity index (χ4v) is 2.34. The van der Waals surface area contributed by atoms with Gasteiger partial charge in [-0.2, -0.15) is 5.10 Å². The Morgan fingerprint density at radius 2 is 2.00 bits per heavy atom. The first-order chi connectivity index (χ1) is 9.49. The molecular formula is C13H14Cl2N4S. The number of benzene rings is 1. The molecule has 2 rings (SSSR count). The van der Waals surface area contributed by atoms with Crippen LogP contribution in [0.25, 0.3) is 0 Å². The Morgan fingerprint density at radius 3 is 2.60 bits per heavy atom. The van der Waals surface area contributed by atoms with E-state index in [4.69, 9.17) is 35.4 Å². The third kappa shape index (κ3) is 3.62. The Bertz CT molecular complexity index is 639. The molecule has 4 nitrogen and oxygen atoms in total. The second-order valence-corrected chi connectivity index (χ2v) is 5.44. The Morgan fingerprint density at radius 1 is 1.30 bits per heavy atom. The summed E-state index contributed by atoms with van der Waals surface area (Å²) in [6, 6.07) is 5.19. The van der Waals surface area contributed by atoms with Gasteiger partial charge < -0.3 is 10.6 Å². The summed E-state index contributed by atoms with van der Waals surface area (Å²) >= 11 is 17.2. The molecule has 2 aromatic rings. The molecule has 0 aliphatic carbocycles. The minimum Gasteiger partial charge on any atom is -0.331 e. The van der Waals surface area contributed by atoms with Crippen molar-refractivity contribution in [1.82, 2.24) is 9.78 Å². The number of aromatic nitrogens is 2. The van der Waals surface area contributed by atoms with Crippen molar-refractivity contribution in [3.8, 4) is 0 Å². The molecule has 0 saturated carbocycles. The summed E-state index contributed by atoms with van der Waals surface area (Å²) in [5.74, 6) is 0. The second kappa shape index (κ2) is 6.43. The predicted octanol–water partition coefficient (Wildman–Crippen LogP) is 4.33. The van der Waals surface area contributed by atoms with Crippen LogP contribution in [0.15, 0.2) is 24.4 Å². The molecule has 0 radical (unpaired) electrons. The maximum absolute atomic E-state index is 6.08. The van der Waals surface area contributed by atoms with E-state index >= 15 is 0 Å². The fraction of sp³-hybridized carbons (Fsp3) is 0.231. The molecule has 7 heteroatoms. The van der Waals surface area contributed by atoms with Gasteiger partial charge in [-0.3, -0.25) is 4.68 Å². The van der Waals surface area contributed by atoms with Crippen molar-refractivity contribution >= 4 is 51.9 Å². The number of aryl methyl sites for hydroxylation is 2. The third-order valence-electron chi connectivity index (χ3n) is 2.70. The molecule has 2 N–H and O–H groups in total. The number of halogens is 2. The van der Waals surface area contributed by atoms with Crippen LogP contribution in [-0.4, -0.2) is 14.9 Å². The van der Waals surface area contributed by atoms with E-state index in [9.17, 15) is 0 Å². The molecule has 0 aliphatic heterocycles. The molecule has 1 aromatic heterocycles. The van der Waals surface area contributed by atoms with Gasteiger partial charge in [0.15, 0.2) is 5.11 Å². The van der Waals surface area contributed by atoms with E-state index in [-0.39, 0.29) is 0 Å². The van der Waals surface area contributed by atoms with Crippen molar-refractivity contribution in [1.29, 1.82) is 0 Å². The second-order valence-electron chi connectivity index (χ2n) is 4.19. The molecule has 0 fully saturated rings. The van der Waals surface area contributed by atoms with Crippen molar-refractivity contribution in [2.75, 3.05) is 10.6 Å². The van der Waals surface area contributed by atoms with Crippen LogP contribution in [0.2, 0.25) is 10.0 Å². The van der Waals surface area contributed by atoms with E-state index in [0.29, 0.717) is 20.8 Å². The van der Waals surface area contributed by atoms with Crippen molar-refractivity contribution in [2.45, 2.75) is 20.4 Å². The van der Waals surface area contributed by atoms with Crippen molar-refractivity contribution in [2.24, 2.45) is 0 Å². The number of nitrogens with one attached hydrogen (secondary N) is 2. The van der Waals surface area contributed by atoms with Crippen LogP contribution in [0, 0.1) is 6.92 Å². The molecule has 106 valence electrons. The number of rotatable bonds is 3. The first-order valence-electron chi connectivity index (χ1n) is 6.06. The van der Waals surface area contributed by atoms with Crippen LogP contribution >= 0.6 is 35.4 Å². The smallest absolute Gasteiger partial charge is 0.175 e. The Kier molecular flexibility index (Phi) is 4.86. The van der Waals surface area contributed by atoms with E-state index in [1.54, 1.807) is 18.2 Å². The minimum atomic E-state index is 0.452. The van der Waals surface area contributed by atoms with Gasteiger partial charge in [-0.05, 0) is 44.3 Å². The Hall–Kier alpha value is -1.30. The van der Waals surface area contributed by atoms with E-state index in [1.807, 2.05) is 24.7 Å². The highest BCUT2D eigenvalue weighted by Gasteiger charge is 2.07. The minimum absolute atomic E-state index is 0.452. The monoisotopic (exact) mass is 328 g/mol. The zero-order valence-corrected chi connectivity index (χ0v) is 13.4. The highest BCUT2D eigenvalue weighted by atomic mass is 35.5. The zero-order valence-electron chi connectivity index (χ0n) is 11.1. The quantitative estimate of drug-likeness (QED) is 0.823. The number of anilines is 2. The lowest BCUT2D eigenvalue weighted by Gasteiger charge is -2.11. The van der Waals surface area contributed by atoms with Gasteiger partial charge in [0, 0.05) is 17.8 Å².